The molecule has 0 saturated carbocycles. The number of ether oxygens (including phenoxy) is 3. The maximum Gasteiger partial charge on any atom is 0.195 e. The lowest BCUT2D eigenvalue weighted by Gasteiger charge is -2.58. The molecule has 5 atom stereocenters. The van der Waals surface area contributed by atoms with Gasteiger partial charge in [0.2, 0.25) is 0 Å². The van der Waals surface area contributed by atoms with Gasteiger partial charge in [-0.05, 0) is 20.8 Å². The molecule has 0 aromatic heterocycles. The standard InChI is InChI=1S/C11H22O6/c1-9(15-4)8(13)7(6-12)17-11(3,14)10(9,2)16-5/h7-8,12-14H,6H2,1-5H3/t7-,8+,9+,10-,11-/m1/s1. The number of aliphatic hydroxyl groups is 3. The van der Waals surface area contributed by atoms with Crippen molar-refractivity contribution in [2.24, 2.45) is 0 Å². The fraction of sp³-hybridized carbons (Fsp3) is 1.00. The summed E-state index contributed by atoms with van der Waals surface area (Å²) in [4.78, 5) is 0. The van der Waals surface area contributed by atoms with Crippen molar-refractivity contribution >= 4 is 0 Å². The van der Waals surface area contributed by atoms with Crippen LogP contribution in [0.2, 0.25) is 0 Å². The van der Waals surface area contributed by atoms with Gasteiger partial charge in [-0.1, -0.05) is 0 Å². The van der Waals surface area contributed by atoms with Crippen molar-refractivity contribution < 1.29 is 29.5 Å². The fourth-order valence-corrected chi connectivity index (χ4v) is 2.41. The Morgan fingerprint density at radius 2 is 1.71 bits per heavy atom. The molecule has 1 aliphatic rings. The van der Waals surface area contributed by atoms with E-state index in [-0.39, 0.29) is 0 Å². The Morgan fingerprint density at radius 1 is 1.18 bits per heavy atom. The van der Waals surface area contributed by atoms with Gasteiger partial charge in [0, 0.05) is 14.2 Å². The zero-order valence-corrected chi connectivity index (χ0v) is 10.9. The third kappa shape index (κ3) is 1.80. The van der Waals surface area contributed by atoms with Crippen LogP contribution >= 0.6 is 0 Å². The lowest BCUT2D eigenvalue weighted by Crippen LogP contribution is -2.77. The Kier molecular flexibility index (Phi) is 3.88. The van der Waals surface area contributed by atoms with E-state index in [1.165, 1.54) is 21.1 Å². The van der Waals surface area contributed by atoms with Crippen molar-refractivity contribution in [3.8, 4) is 0 Å². The Labute approximate surface area is 101 Å². The van der Waals surface area contributed by atoms with Crippen LogP contribution in [0.3, 0.4) is 0 Å². The predicted octanol–water partition coefficient (Wildman–Crippen LogP) is -0.743. The smallest absolute Gasteiger partial charge is 0.195 e. The number of hydrogen-bond donors (Lipinski definition) is 3. The second-order valence-corrected chi connectivity index (χ2v) is 4.82. The third-order valence-corrected chi connectivity index (χ3v) is 4.14. The quantitative estimate of drug-likeness (QED) is 0.611. The van der Waals surface area contributed by atoms with Gasteiger partial charge < -0.3 is 29.5 Å². The molecule has 3 N–H and O–H groups in total. The van der Waals surface area contributed by atoms with E-state index in [2.05, 4.69) is 0 Å². The van der Waals surface area contributed by atoms with Crippen molar-refractivity contribution in [2.75, 3.05) is 20.8 Å². The summed E-state index contributed by atoms with van der Waals surface area (Å²) in [6, 6.07) is 0. The van der Waals surface area contributed by atoms with Crippen LogP contribution in [0.25, 0.3) is 0 Å². The van der Waals surface area contributed by atoms with E-state index in [0.29, 0.717) is 0 Å². The number of methoxy groups -OCH3 is 2. The molecule has 1 saturated heterocycles. The molecule has 1 fully saturated rings. The molecule has 6 heteroatoms. The Bertz CT molecular complexity index is 281. The van der Waals surface area contributed by atoms with Crippen LogP contribution in [-0.2, 0) is 14.2 Å². The molecular formula is C11H22O6. The summed E-state index contributed by atoms with van der Waals surface area (Å²) in [7, 11) is 2.82. The number of hydrogen-bond acceptors (Lipinski definition) is 6. The molecule has 6 nitrogen and oxygen atoms in total. The first-order valence-corrected chi connectivity index (χ1v) is 5.49. The molecule has 0 amide bonds. The molecule has 0 spiro atoms. The van der Waals surface area contributed by atoms with Gasteiger partial charge in [0.15, 0.2) is 5.79 Å². The first-order valence-electron chi connectivity index (χ1n) is 5.49. The number of rotatable bonds is 3. The molecule has 102 valence electrons. The van der Waals surface area contributed by atoms with E-state index >= 15 is 0 Å². The first kappa shape index (κ1) is 14.8. The van der Waals surface area contributed by atoms with Crippen LogP contribution < -0.4 is 0 Å². The van der Waals surface area contributed by atoms with Crippen molar-refractivity contribution in [3.63, 3.8) is 0 Å². The van der Waals surface area contributed by atoms with Gasteiger partial charge in [0.1, 0.15) is 23.4 Å². The van der Waals surface area contributed by atoms with Crippen molar-refractivity contribution in [1.29, 1.82) is 0 Å². The molecule has 0 aliphatic carbocycles. The summed E-state index contributed by atoms with van der Waals surface area (Å²) in [5, 5.41) is 29.7. The molecule has 1 heterocycles. The topological polar surface area (TPSA) is 88.4 Å². The Morgan fingerprint density at radius 3 is 2.06 bits per heavy atom. The average molecular weight is 250 g/mol. The van der Waals surface area contributed by atoms with Crippen LogP contribution in [0.5, 0.6) is 0 Å². The van der Waals surface area contributed by atoms with Crippen molar-refractivity contribution in [1.82, 2.24) is 0 Å². The summed E-state index contributed by atoms with van der Waals surface area (Å²) in [6.45, 7) is 4.20. The monoisotopic (exact) mass is 250 g/mol. The van der Waals surface area contributed by atoms with Gasteiger partial charge in [0.25, 0.3) is 0 Å². The fourth-order valence-electron chi connectivity index (χ4n) is 2.41. The lowest BCUT2D eigenvalue weighted by atomic mass is 9.71. The largest absolute Gasteiger partial charge is 0.394 e. The van der Waals surface area contributed by atoms with Gasteiger partial charge in [-0.25, -0.2) is 0 Å². The van der Waals surface area contributed by atoms with E-state index in [4.69, 9.17) is 14.2 Å². The van der Waals surface area contributed by atoms with Crippen molar-refractivity contribution in [3.05, 3.63) is 0 Å². The van der Waals surface area contributed by atoms with E-state index in [1.54, 1.807) is 13.8 Å². The summed E-state index contributed by atoms with van der Waals surface area (Å²) in [5.41, 5.74) is -2.49. The van der Waals surface area contributed by atoms with Gasteiger partial charge in [0.05, 0.1) is 6.61 Å². The first-order chi connectivity index (χ1) is 7.70. The van der Waals surface area contributed by atoms with Crippen molar-refractivity contribution in [2.45, 2.75) is 50.0 Å². The van der Waals surface area contributed by atoms with E-state index < -0.39 is 35.8 Å². The summed E-state index contributed by atoms with van der Waals surface area (Å²) < 4.78 is 16.0. The highest BCUT2D eigenvalue weighted by atomic mass is 16.7. The van der Waals surface area contributed by atoms with Crippen LogP contribution in [0.4, 0.5) is 0 Å². The van der Waals surface area contributed by atoms with E-state index in [0.717, 1.165) is 0 Å². The summed E-state index contributed by atoms with van der Waals surface area (Å²) in [5.74, 6) is -1.70. The molecular weight excluding hydrogens is 228 g/mol. The average Bonchev–Trinajstić information content (AvgIpc) is 2.31. The predicted molar refractivity (Wildman–Crippen MR) is 59.4 cm³/mol. The lowest BCUT2D eigenvalue weighted by molar-refractivity contribution is -0.409. The highest BCUT2D eigenvalue weighted by molar-refractivity contribution is 5.13. The molecule has 0 bridgehead atoms. The van der Waals surface area contributed by atoms with Gasteiger partial charge in [-0.2, -0.15) is 0 Å². The third-order valence-electron chi connectivity index (χ3n) is 4.14. The van der Waals surface area contributed by atoms with Crippen LogP contribution in [0.1, 0.15) is 20.8 Å². The van der Waals surface area contributed by atoms with E-state index in [1.807, 2.05) is 0 Å². The highest BCUT2D eigenvalue weighted by Gasteiger charge is 2.67. The SMILES string of the molecule is CO[C@]1(C)[C@@](C)(OC)[C@@H](O)[C@@H](CO)O[C@@]1(C)O. The van der Waals surface area contributed by atoms with Gasteiger partial charge in [-0.15, -0.1) is 0 Å². The Hall–Kier alpha value is -0.240. The van der Waals surface area contributed by atoms with Crippen LogP contribution in [-0.4, -0.2) is 65.3 Å². The minimum Gasteiger partial charge on any atom is -0.394 e. The normalized spacial score (nSPS) is 51.5. The second kappa shape index (κ2) is 4.46. The van der Waals surface area contributed by atoms with Crippen LogP contribution in [0.15, 0.2) is 0 Å². The Balaban J connectivity index is 3.28. The summed E-state index contributed by atoms with van der Waals surface area (Å²) >= 11 is 0. The van der Waals surface area contributed by atoms with E-state index in [9.17, 15) is 15.3 Å². The van der Waals surface area contributed by atoms with Crippen LogP contribution in [0, 0.1) is 0 Å². The van der Waals surface area contributed by atoms with Gasteiger partial charge >= 0.3 is 0 Å². The highest BCUT2D eigenvalue weighted by Crippen LogP contribution is 2.46. The minimum absolute atomic E-state index is 0.421. The minimum atomic E-state index is -1.70. The summed E-state index contributed by atoms with van der Waals surface area (Å²) in [6.07, 6.45) is -2.05. The molecule has 1 rings (SSSR count). The molecule has 0 aromatic rings. The maximum absolute atomic E-state index is 10.3. The second-order valence-electron chi connectivity index (χ2n) is 4.82. The zero-order chi connectivity index (χ0) is 13.5. The number of aliphatic hydroxyl groups excluding tert-OH is 2. The molecule has 0 aromatic carbocycles. The molecule has 17 heavy (non-hydrogen) atoms. The molecule has 0 unspecified atom stereocenters. The maximum atomic E-state index is 10.3. The zero-order valence-electron chi connectivity index (χ0n) is 10.9. The van der Waals surface area contributed by atoms with Gasteiger partial charge in [-0.3, -0.25) is 0 Å². The molecule has 0 radical (unpaired) electrons. The molecule has 1 aliphatic heterocycles.